The first-order valence-corrected chi connectivity index (χ1v) is 7.94. The number of nitro groups is 1. The second-order valence-electron chi connectivity index (χ2n) is 4.39. The van der Waals surface area contributed by atoms with Crippen LogP contribution in [0.15, 0.2) is 47.4 Å². The van der Waals surface area contributed by atoms with Crippen LogP contribution in [0.1, 0.15) is 10.4 Å². The fourth-order valence-electron chi connectivity index (χ4n) is 1.79. The van der Waals surface area contributed by atoms with Gasteiger partial charge in [0, 0.05) is 11.6 Å². The summed E-state index contributed by atoms with van der Waals surface area (Å²) in [6.07, 6.45) is 0. The lowest BCUT2D eigenvalue weighted by atomic mass is 10.2. The monoisotopic (exact) mass is 355 g/mol. The number of hydrogen-bond acceptors (Lipinski definition) is 5. The fraction of sp³-hybridized carbons (Fsp3) is 0. The highest BCUT2D eigenvalue weighted by Crippen LogP contribution is 2.29. The van der Waals surface area contributed by atoms with Crippen LogP contribution in [0.3, 0.4) is 0 Å². The van der Waals surface area contributed by atoms with Crippen LogP contribution in [-0.4, -0.2) is 19.2 Å². The molecule has 0 atom stereocenters. The van der Waals surface area contributed by atoms with E-state index in [-0.39, 0.29) is 16.3 Å². The molecular formula is C13H10ClN3O5S. The summed E-state index contributed by atoms with van der Waals surface area (Å²) in [5.74, 6) is -0.771. The number of para-hydroxylation sites is 1. The maximum Gasteiger partial charge on any atom is 0.289 e. The largest absolute Gasteiger partial charge is 0.366 e. The van der Waals surface area contributed by atoms with Crippen molar-refractivity contribution in [3.05, 3.63) is 63.2 Å². The highest BCUT2D eigenvalue weighted by atomic mass is 35.5. The van der Waals surface area contributed by atoms with E-state index >= 15 is 0 Å². The molecule has 2 rings (SSSR count). The summed E-state index contributed by atoms with van der Waals surface area (Å²) in [6.45, 7) is 0. The smallest absolute Gasteiger partial charge is 0.289 e. The molecule has 0 saturated heterocycles. The van der Waals surface area contributed by atoms with E-state index in [4.69, 9.17) is 17.3 Å². The molecule has 0 aromatic heterocycles. The van der Waals surface area contributed by atoms with Crippen LogP contribution in [0.25, 0.3) is 0 Å². The van der Waals surface area contributed by atoms with Gasteiger partial charge in [-0.25, -0.2) is 8.42 Å². The molecule has 3 N–H and O–H groups in total. The van der Waals surface area contributed by atoms with Gasteiger partial charge in [0.25, 0.3) is 15.7 Å². The summed E-state index contributed by atoms with van der Waals surface area (Å²) >= 11 is 5.88. The number of carbonyl (C=O) groups is 1. The van der Waals surface area contributed by atoms with E-state index in [1.807, 2.05) is 0 Å². The summed E-state index contributed by atoms with van der Waals surface area (Å²) in [7, 11) is -4.28. The Hall–Kier alpha value is -2.65. The Morgan fingerprint density at radius 1 is 1.22 bits per heavy atom. The van der Waals surface area contributed by atoms with Gasteiger partial charge in [-0.05, 0) is 24.3 Å². The molecule has 1 amide bonds. The molecule has 0 bridgehead atoms. The number of benzene rings is 2. The van der Waals surface area contributed by atoms with Gasteiger partial charge in [0.2, 0.25) is 5.91 Å². The van der Waals surface area contributed by atoms with Crippen molar-refractivity contribution in [2.45, 2.75) is 4.90 Å². The highest BCUT2D eigenvalue weighted by molar-refractivity contribution is 7.92. The van der Waals surface area contributed by atoms with E-state index < -0.39 is 31.4 Å². The molecule has 23 heavy (non-hydrogen) atoms. The number of primary amides is 1. The second kappa shape index (κ2) is 6.23. The van der Waals surface area contributed by atoms with E-state index in [1.165, 1.54) is 24.3 Å². The maximum absolute atomic E-state index is 12.4. The van der Waals surface area contributed by atoms with E-state index in [2.05, 4.69) is 4.72 Å². The number of halogens is 1. The quantitative estimate of drug-likeness (QED) is 0.626. The van der Waals surface area contributed by atoms with Gasteiger partial charge >= 0.3 is 0 Å². The Balaban J connectivity index is 2.50. The summed E-state index contributed by atoms with van der Waals surface area (Å²) in [5.41, 5.74) is 4.47. The minimum absolute atomic E-state index is 0.0113. The number of hydrogen-bond donors (Lipinski definition) is 2. The van der Waals surface area contributed by atoms with Crippen LogP contribution < -0.4 is 10.5 Å². The maximum atomic E-state index is 12.4. The second-order valence-corrected chi connectivity index (χ2v) is 6.45. The van der Waals surface area contributed by atoms with Crippen molar-refractivity contribution >= 4 is 38.9 Å². The number of nitrogens with one attached hydrogen (secondary N) is 1. The number of carbonyl (C=O) groups excluding carboxylic acids is 1. The molecule has 0 aliphatic carbocycles. The standard InChI is InChI=1S/C13H10ClN3O5S/c14-9-6-5-8(13(15)18)7-10(9)16-23(21,22)12-4-2-1-3-11(12)17(19)20/h1-7,16H,(H2,15,18). The van der Waals surface area contributed by atoms with Crippen LogP contribution in [0.4, 0.5) is 11.4 Å². The molecule has 2 aromatic rings. The van der Waals surface area contributed by atoms with Gasteiger partial charge in [-0.1, -0.05) is 23.7 Å². The van der Waals surface area contributed by atoms with E-state index in [0.29, 0.717) is 0 Å². The van der Waals surface area contributed by atoms with Crippen molar-refractivity contribution in [2.24, 2.45) is 5.73 Å². The fourth-order valence-corrected chi connectivity index (χ4v) is 3.26. The summed E-state index contributed by atoms with van der Waals surface area (Å²) in [5, 5.41) is 11.0. The molecule has 0 unspecified atom stereocenters. The molecule has 0 heterocycles. The number of sulfonamides is 1. The molecule has 0 radical (unpaired) electrons. The number of anilines is 1. The number of amides is 1. The molecule has 0 aliphatic rings. The Bertz CT molecular complexity index is 898. The minimum atomic E-state index is -4.28. The molecule has 0 spiro atoms. The minimum Gasteiger partial charge on any atom is -0.366 e. The summed E-state index contributed by atoms with van der Waals surface area (Å²) < 4.78 is 26.9. The van der Waals surface area contributed by atoms with Crippen molar-refractivity contribution in [2.75, 3.05) is 4.72 Å². The number of nitrogens with zero attached hydrogens (tertiary/aromatic N) is 1. The lowest BCUT2D eigenvalue weighted by Crippen LogP contribution is -2.16. The van der Waals surface area contributed by atoms with E-state index in [9.17, 15) is 23.3 Å². The predicted octanol–water partition coefficient (Wildman–Crippen LogP) is 2.15. The van der Waals surface area contributed by atoms with Crippen molar-refractivity contribution in [3.8, 4) is 0 Å². The van der Waals surface area contributed by atoms with Crippen molar-refractivity contribution < 1.29 is 18.1 Å². The first-order chi connectivity index (χ1) is 10.7. The molecule has 8 nitrogen and oxygen atoms in total. The third-order valence-electron chi connectivity index (χ3n) is 2.85. The molecule has 120 valence electrons. The lowest BCUT2D eigenvalue weighted by molar-refractivity contribution is -0.387. The Morgan fingerprint density at radius 3 is 2.48 bits per heavy atom. The zero-order valence-corrected chi connectivity index (χ0v) is 13.0. The van der Waals surface area contributed by atoms with Gasteiger partial charge in [0.05, 0.1) is 15.6 Å². The summed E-state index contributed by atoms with van der Waals surface area (Å²) in [4.78, 5) is 20.8. The van der Waals surface area contributed by atoms with Crippen LogP contribution in [0, 0.1) is 10.1 Å². The molecule has 0 aliphatic heterocycles. The third-order valence-corrected chi connectivity index (χ3v) is 4.59. The Labute approximate surface area is 136 Å². The average molecular weight is 356 g/mol. The molecule has 0 fully saturated rings. The molecular weight excluding hydrogens is 346 g/mol. The van der Waals surface area contributed by atoms with Crippen molar-refractivity contribution in [3.63, 3.8) is 0 Å². The van der Waals surface area contributed by atoms with Gasteiger partial charge in [0.15, 0.2) is 4.90 Å². The Kier molecular flexibility index (Phi) is 4.52. The third kappa shape index (κ3) is 3.58. The van der Waals surface area contributed by atoms with Gasteiger partial charge in [-0.3, -0.25) is 19.6 Å². The normalized spacial score (nSPS) is 11.0. The average Bonchev–Trinajstić information content (AvgIpc) is 2.49. The topological polar surface area (TPSA) is 132 Å². The van der Waals surface area contributed by atoms with Crippen molar-refractivity contribution in [1.29, 1.82) is 0 Å². The lowest BCUT2D eigenvalue weighted by Gasteiger charge is -2.10. The Morgan fingerprint density at radius 2 is 1.87 bits per heavy atom. The molecule has 10 heteroatoms. The first-order valence-electron chi connectivity index (χ1n) is 6.08. The van der Waals surface area contributed by atoms with Crippen LogP contribution >= 0.6 is 11.6 Å². The SMILES string of the molecule is NC(=O)c1ccc(Cl)c(NS(=O)(=O)c2ccccc2[N+](=O)[O-])c1. The molecule has 2 aromatic carbocycles. The van der Waals surface area contributed by atoms with Crippen LogP contribution in [0.2, 0.25) is 5.02 Å². The summed E-state index contributed by atoms with van der Waals surface area (Å²) in [6, 6.07) is 8.62. The number of nitrogens with two attached hydrogens (primary N) is 1. The van der Waals surface area contributed by atoms with Crippen LogP contribution in [-0.2, 0) is 10.0 Å². The van der Waals surface area contributed by atoms with Gasteiger partial charge in [0.1, 0.15) is 0 Å². The number of nitro benzene ring substituents is 1. The van der Waals surface area contributed by atoms with E-state index in [0.717, 1.165) is 18.2 Å². The predicted molar refractivity (Wildman–Crippen MR) is 83.9 cm³/mol. The van der Waals surface area contributed by atoms with Gasteiger partial charge < -0.3 is 5.73 Å². The highest BCUT2D eigenvalue weighted by Gasteiger charge is 2.26. The first kappa shape index (κ1) is 16.7. The van der Waals surface area contributed by atoms with Gasteiger partial charge in [-0.15, -0.1) is 0 Å². The molecule has 0 saturated carbocycles. The van der Waals surface area contributed by atoms with Gasteiger partial charge in [-0.2, -0.15) is 0 Å². The van der Waals surface area contributed by atoms with E-state index in [1.54, 1.807) is 0 Å². The van der Waals surface area contributed by atoms with Crippen molar-refractivity contribution in [1.82, 2.24) is 0 Å². The zero-order valence-electron chi connectivity index (χ0n) is 11.4. The zero-order chi connectivity index (χ0) is 17.2. The van der Waals surface area contributed by atoms with Crippen LogP contribution in [0.5, 0.6) is 0 Å². The number of rotatable bonds is 5.